The average molecular weight is 477 g/mol. The normalized spacial score (nSPS) is 14.6. The fourth-order valence-electron chi connectivity index (χ4n) is 5.11. The lowest BCUT2D eigenvalue weighted by Crippen LogP contribution is -2.19. The van der Waals surface area contributed by atoms with Crippen LogP contribution in [0.4, 0.5) is 0 Å². The first kappa shape index (κ1) is 20.9. The Bertz CT molecular complexity index is 1660. The number of furan rings is 1. The molecule has 0 amide bonds. The third kappa shape index (κ3) is 3.71. The average Bonchev–Trinajstić information content (AvgIpc) is 3.68. The summed E-state index contributed by atoms with van der Waals surface area (Å²) in [4.78, 5) is 17.0. The lowest BCUT2D eigenvalue weighted by atomic mass is 9.98. The van der Waals surface area contributed by atoms with E-state index in [4.69, 9.17) is 9.15 Å². The lowest BCUT2D eigenvalue weighted by molar-refractivity contribution is 0.154. The number of pyridine rings is 3. The van der Waals surface area contributed by atoms with Crippen molar-refractivity contribution in [2.24, 2.45) is 0 Å². The molecular formula is C28H24N6O2. The Morgan fingerprint density at radius 3 is 2.69 bits per heavy atom. The summed E-state index contributed by atoms with van der Waals surface area (Å²) in [6.45, 7) is 0. The number of fused-ring (bicyclic) bond motifs is 2. The number of aromatic amines is 2. The number of nitrogens with zero attached hydrogens (tertiary/aromatic N) is 4. The molecule has 7 rings (SSSR count). The van der Waals surface area contributed by atoms with Crippen LogP contribution in [-0.2, 0) is 0 Å². The second kappa shape index (κ2) is 8.64. The van der Waals surface area contributed by atoms with E-state index in [1.807, 2.05) is 30.6 Å². The standard InChI is InChI=1S/C28H24N6O2/c1-2-4-20(5-3-1)36-21-10-18(13-29-15-21)19-11-24-26(33-34-28(24)31-14-19)25-12-23-22(17-7-9-35-16-17)6-8-30-27(23)32-25/h6-16,20H,1-5H2,(H,30,32)(H,31,33,34). The first-order chi connectivity index (χ1) is 17.8. The molecule has 0 radical (unpaired) electrons. The highest BCUT2D eigenvalue weighted by Gasteiger charge is 2.17. The van der Waals surface area contributed by atoms with Gasteiger partial charge in [0.15, 0.2) is 5.65 Å². The van der Waals surface area contributed by atoms with Crippen LogP contribution < -0.4 is 4.74 Å². The van der Waals surface area contributed by atoms with E-state index in [9.17, 15) is 0 Å². The maximum absolute atomic E-state index is 6.24. The molecule has 1 fully saturated rings. The molecule has 6 aromatic rings. The Morgan fingerprint density at radius 1 is 0.889 bits per heavy atom. The van der Waals surface area contributed by atoms with Gasteiger partial charge in [-0.3, -0.25) is 10.1 Å². The van der Waals surface area contributed by atoms with Gasteiger partial charge in [-0.1, -0.05) is 6.42 Å². The van der Waals surface area contributed by atoms with Crippen molar-refractivity contribution in [2.45, 2.75) is 38.2 Å². The summed E-state index contributed by atoms with van der Waals surface area (Å²) in [7, 11) is 0. The van der Waals surface area contributed by atoms with Crippen molar-refractivity contribution in [3.8, 4) is 39.4 Å². The predicted molar refractivity (Wildman–Crippen MR) is 137 cm³/mol. The van der Waals surface area contributed by atoms with Crippen LogP contribution in [0.25, 0.3) is 55.7 Å². The first-order valence-electron chi connectivity index (χ1n) is 12.3. The molecule has 1 aliphatic rings. The number of rotatable bonds is 5. The predicted octanol–water partition coefficient (Wildman–Crippen LogP) is 6.53. The molecule has 0 aromatic carbocycles. The van der Waals surface area contributed by atoms with Crippen LogP contribution in [0, 0.1) is 0 Å². The van der Waals surface area contributed by atoms with Crippen molar-refractivity contribution in [1.29, 1.82) is 0 Å². The van der Waals surface area contributed by atoms with Crippen LogP contribution in [0.2, 0.25) is 0 Å². The van der Waals surface area contributed by atoms with Crippen molar-refractivity contribution in [3.05, 3.63) is 67.6 Å². The number of H-pyrrole nitrogens is 2. The van der Waals surface area contributed by atoms with E-state index in [-0.39, 0.29) is 6.10 Å². The topological polar surface area (TPSA) is 106 Å². The number of hydrogen-bond acceptors (Lipinski definition) is 6. The summed E-state index contributed by atoms with van der Waals surface area (Å²) < 4.78 is 11.5. The van der Waals surface area contributed by atoms with Crippen molar-refractivity contribution in [1.82, 2.24) is 30.1 Å². The minimum Gasteiger partial charge on any atom is -0.489 e. The van der Waals surface area contributed by atoms with Crippen molar-refractivity contribution in [3.63, 3.8) is 0 Å². The van der Waals surface area contributed by atoms with Gasteiger partial charge in [-0.05, 0) is 61.6 Å². The van der Waals surface area contributed by atoms with E-state index >= 15 is 0 Å². The molecule has 0 aliphatic heterocycles. The van der Waals surface area contributed by atoms with Crippen LogP contribution in [0.15, 0.2) is 72.1 Å². The zero-order chi connectivity index (χ0) is 23.9. The second-order valence-corrected chi connectivity index (χ2v) is 9.30. The van der Waals surface area contributed by atoms with Gasteiger partial charge in [-0.15, -0.1) is 0 Å². The van der Waals surface area contributed by atoms with Gasteiger partial charge in [0.25, 0.3) is 0 Å². The second-order valence-electron chi connectivity index (χ2n) is 9.30. The minimum atomic E-state index is 0.277. The van der Waals surface area contributed by atoms with E-state index in [2.05, 4.69) is 42.3 Å². The van der Waals surface area contributed by atoms with Crippen molar-refractivity contribution in [2.75, 3.05) is 0 Å². The van der Waals surface area contributed by atoms with Crippen molar-refractivity contribution < 1.29 is 9.15 Å². The molecule has 1 saturated carbocycles. The molecule has 2 N–H and O–H groups in total. The lowest BCUT2D eigenvalue weighted by Gasteiger charge is -2.23. The molecule has 8 heteroatoms. The number of hydrogen-bond donors (Lipinski definition) is 2. The number of nitrogens with one attached hydrogen (secondary N) is 2. The van der Waals surface area contributed by atoms with E-state index in [1.165, 1.54) is 19.3 Å². The molecule has 0 saturated heterocycles. The van der Waals surface area contributed by atoms with Gasteiger partial charge in [-0.25, -0.2) is 9.97 Å². The van der Waals surface area contributed by atoms with Gasteiger partial charge < -0.3 is 14.1 Å². The Kier molecular flexibility index (Phi) is 5.01. The summed E-state index contributed by atoms with van der Waals surface area (Å²) in [5.74, 6) is 0.806. The van der Waals surface area contributed by atoms with Crippen LogP contribution >= 0.6 is 0 Å². The summed E-state index contributed by atoms with van der Waals surface area (Å²) in [5.41, 5.74) is 7.19. The monoisotopic (exact) mass is 476 g/mol. The number of ether oxygens (including phenoxy) is 1. The van der Waals surface area contributed by atoms with Gasteiger partial charge in [-0.2, -0.15) is 5.10 Å². The van der Waals surface area contributed by atoms with E-state index in [0.29, 0.717) is 5.65 Å². The molecule has 178 valence electrons. The summed E-state index contributed by atoms with van der Waals surface area (Å²) in [6.07, 6.45) is 16.9. The largest absolute Gasteiger partial charge is 0.489 e. The minimum absolute atomic E-state index is 0.277. The highest BCUT2D eigenvalue weighted by molar-refractivity contribution is 5.99. The van der Waals surface area contributed by atoms with E-state index in [0.717, 1.165) is 68.7 Å². The highest BCUT2D eigenvalue weighted by atomic mass is 16.5. The molecule has 36 heavy (non-hydrogen) atoms. The zero-order valence-corrected chi connectivity index (χ0v) is 19.6. The Morgan fingerprint density at radius 2 is 1.81 bits per heavy atom. The quantitative estimate of drug-likeness (QED) is 0.293. The third-order valence-electron chi connectivity index (χ3n) is 6.94. The molecular weight excluding hydrogens is 452 g/mol. The van der Waals surface area contributed by atoms with Gasteiger partial charge >= 0.3 is 0 Å². The molecule has 0 bridgehead atoms. The number of aromatic nitrogens is 6. The fraction of sp³-hybridized carbons (Fsp3) is 0.214. The summed E-state index contributed by atoms with van der Waals surface area (Å²) in [6, 6.07) is 10.2. The molecule has 0 unspecified atom stereocenters. The molecule has 8 nitrogen and oxygen atoms in total. The van der Waals surface area contributed by atoms with Crippen LogP contribution in [0.3, 0.4) is 0 Å². The zero-order valence-electron chi connectivity index (χ0n) is 19.6. The molecule has 6 heterocycles. The summed E-state index contributed by atoms with van der Waals surface area (Å²) >= 11 is 0. The smallest absolute Gasteiger partial charge is 0.181 e. The first-order valence-corrected chi connectivity index (χ1v) is 12.3. The highest BCUT2D eigenvalue weighted by Crippen LogP contribution is 2.34. The van der Waals surface area contributed by atoms with Crippen molar-refractivity contribution >= 4 is 22.1 Å². The Labute approximate surface area is 206 Å². The van der Waals surface area contributed by atoms with Gasteiger partial charge in [0.05, 0.1) is 36.2 Å². The van der Waals surface area contributed by atoms with Gasteiger partial charge in [0, 0.05) is 46.1 Å². The Hall–Kier alpha value is -4.46. The van der Waals surface area contributed by atoms with Crippen LogP contribution in [0.1, 0.15) is 32.1 Å². The molecule has 1 aliphatic carbocycles. The third-order valence-corrected chi connectivity index (χ3v) is 6.94. The van der Waals surface area contributed by atoms with E-state index in [1.54, 1.807) is 24.9 Å². The summed E-state index contributed by atoms with van der Waals surface area (Å²) in [5, 5.41) is 9.53. The van der Waals surface area contributed by atoms with Gasteiger partial charge in [0.2, 0.25) is 0 Å². The van der Waals surface area contributed by atoms with Crippen LogP contribution in [-0.4, -0.2) is 36.2 Å². The maximum Gasteiger partial charge on any atom is 0.181 e. The van der Waals surface area contributed by atoms with Gasteiger partial charge in [0.1, 0.15) is 11.4 Å². The SMILES string of the molecule is c1cc(-c2ccoc2)c2cc(-c3[nH]nc4ncc(-c5cncc(OC6CCCCC6)c5)cc34)[nH]c2n1. The molecule has 0 spiro atoms. The Balaban J connectivity index is 1.26. The fourth-order valence-corrected chi connectivity index (χ4v) is 5.11. The molecule has 0 atom stereocenters. The maximum atomic E-state index is 6.24. The molecule has 6 aromatic heterocycles. The van der Waals surface area contributed by atoms with E-state index < -0.39 is 0 Å². The van der Waals surface area contributed by atoms with Crippen LogP contribution in [0.5, 0.6) is 5.75 Å².